The maximum Gasteiger partial charge on any atom is 0.274 e. The van der Waals surface area contributed by atoms with E-state index in [4.69, 9.17) is 0 Å². The van der Waals surface area contributed by atoms with E-state index in [2.05, 4.69) is 10.1 Å². The number of likely N-dealkylation sites (tertiary alicyclic amines) is 1. The van der Waals surface area contributed by atoms with Crippen LogP contribution in [0.4, 0.5) is 0 Å². The van der Waals surface area contributed by atoms with Crippen molar-refractivity contribution in [2.75, 3.05) is 6.54 Å². The minimum absolute atomic E-state index is 0.0164. The highest BCUT2D eigenvalue weighted by molar-refractivity contribution is 5.93. The largest absolute Gasteiger partial charge is 0.332 e. The summed E-state index contributed by atoms with van der Waals surface area (Å²) in [4.78, 5) is 19.4. The van der Waals surface area contributed by atoms with Gasteiger partial charge in [-0.2, -0.15) is 5.10 Å². The van der Waals surface area contributed by atoms with Crippen molar-refractivity contribution in [2.24, 2.45) is 0 Å². The van der Waals surface area contributed by atoms with Crippen LogP contribution in [0, 0.1) is 13.8 Å². The second-order valence-electron chi connectivity index (χ2n) is 6.63. The first-order valence-electron chi connectivity index (χ1n) is 8.35. The minimum atomic E-state index is 0.0164. The first-order chi connectivity index (χ1) is 11.6. The first-order valence-corrected chi connectivity index (χ1v) is 8.35. The van der Waals surface area contributed by atoms with E-state index in [1.807, 2.05) is 64.7 Å². The fraction of sp³-hybridized carbons (Fsp3) is 0.389. The average molecular weight is 323 g/mol. The second kappa shape index (κ2) is 5.78. The van der Waals surface area contributed by atoms with Gasteiger partial charge in [0.25, 0.3) is 5.91 Å². The number of hydrogen-bond acceptors (Lipinski definition) is 3. The van der Waals surface area contributed by atoms with E-state index in [1.54, 1.807) is 0 Å². The van der Waals surface area contributed by atoms with Crippen molar-refractivity contribution >= 4 is 11.6 Å². The molecule has 1 atom stereocenters. The fourth-order valence-electron chi connectivity index (χ4n) is 3.41. The summed E-state index contributed by atoms with van der Waals surface area (Å²) in [5.41, 5.74) is 3.61. The third-order valence-electron chi connectivity index (χ3n) is 4.63. The Morgan fingerprint density at radius 1 is 1.29 bits per heavy atom. The molecule has 0 bridgehead atoms. The Labute approximate surface area is 140 Å². The van der Waals surface area contributed by atoms with Crippen LogP contribution in [0.5, 0.6) is 0 Å². The summed E-state index contributed by atoms with van der Waals surface area (Å²) in [6, 6.07) is 4.19. The molecule has 0 aliphatic carbocycles. The highest BCUT2D eigenvalue weighted by atomic mass is 16.2. The summed E-state index contributed by atoms with van der Waals surface area (Å²) >= 11 is 0. The fourth-order valence-corrected chi connectivity index (χ4v) is 3.41. The van der Waals surface area contributed by atoms with Crippen molar-refractivity contribution in [1.82, 2.24) is 24.1 Å². The molecular weight excluding hydrogens is 302 g/mol. The van der Waals surface area contributed by atoms with Crippen molar-refractivity contribution in [1.29, 1.82) is 0 Å². The van der Waals surface area contributed by atoms with E-state index < -0.39 is 0 Å². The van der Waals surface area contributed by atoms with Gasteiger partial charge in [0.15, 0.2) is 0 Å². The molecule has 0 N–H and O–H groups in total. The number of aromatic nitrogens is 4. The second-order valence-corrected chi connectivity index (χ2v) is 6.63. The van der Waals surface area contributed by atoms with Gasteiger partial charge in [0.1, 0.15) is 11.3 Å². The topological polar surface area (TPSA) is 55.4 Å². The lowest BCUT2D eigenvalue weighted by molar-refractivity contribution is 0.0716. The molecule has 1 fully saturated rings. The Balaban J connectivity index is 1.57. The monoisotopic (exact) mass is 323 g/mol. The molecule has 0 radical (unpaired) electrons. The van der Waals surface area contributed by atoms with E-state index in [-0.39, 0.29) is 11.9 Å². The zero-order chi connectivity index (χ0) is 16.7. The normalized spacial score (nSPS) is 17.8. The predicted octanol–water partition coefficient (Wildman–Crippen LogP) is 2.45. The Hall–Kier alpha value is -2.63. The van der Waals surface area contributed by atoms with Gasteiger partial charge in [0.05, 0.1) is 18.8 Å². The third-order valence-corrected chi connectivity index (χ3v) is 4.63. The van der Waals surface area contributed by atoms with Crippen LogP contribution in [0.3, 0.4) is 0 Å². The number of nitrogens with zero attached hydrogens (tertiary/aromatic N) is 5. The predicted molar refractivity (Wildman–Crippen MR) is 91.0 cm³/mol. The van der Waals surface area contributed by atoms with Crippen LogP contribution in [-0.4, -0.2) is 42.6 Å². The SMILES string of the molecule is Cc1ccn2cc(C(=O)N3CCCC3Cn3cc(C)cn3)nc2c1. The molecule has 124 valence electrons. The van der Waals surface area contributed by atoms with Gasteiger partial charge in [0.2, 0.25) is 0 Å². The van der Waals surface area contributed by atoms with E-state index in [0.717, 1.165) is 42.7 Å². The van der Waals surface area contributed by atoms with Gasteiger partial charge in [-0.15, -0.1) is 0 Å². The highest BCUT2D eigenvalue weighted by Crippen LogP contribution is 2.21. The van der Waals surface area contributed by atoms with Gasteiger partial charge in [-0.05, 0) is 49.9 Å². The Kier molecular flexibility index (Phi) is 3.59. The molecule has 4 rings (SSSR count). The van der Waals surface area contributed by atoms with Crippen molar-refractivity contribution in [3.8, 4) is 0 Å². The Morgan fingerprint density at radius 2 is 2.17 bits per heavy atom. The van der Waals surface area contributed by atoms with Crippen LogP contribution < -0.4 is 0 Å². The molecule has 3 aromatic rings. The van der Waals surface area contributed by atoms with Crippen molar-refractivity contribution in [3.63, 3.8) is 0 Å². The zero-order valence-corrected chi connectivity index (χ0v) is 14.0. The maximum atomic E-state index is 12.9. The van der Waals surface area contributed by atoms with Crippen LogP contribution >= 0.6 is 0 Å². The van der Waals surface area contributed by atoms with Crippen molar-refractivity contribution < 1.29 is 4.79 Å². The standard InChI is InChI=1S/C18H21N5O/c1-13-5-7-21-12-16(20-17(21)8-13)18(24)23-6-3-4-15(23)11-22-10-14(2)9-19-22/h5,7-10,12,15H,3-4,6,11H2,1-2H3. The molecule has 0 aromatic carbocycles. The molecule has 4 heterocycles. The molecule has 1 amide bonds. The summed E-state index contributed by atoms with van der Waals surface area (Å²) in [5, 5.41) is 4.35. The average Bonchev–Trinajstić information content (AvgIpc) is 3.26. The molecule has 0 saturated carbocycles. The minimum Gasteiger partial charge on any atom is -0.332 e. The van der Waals surface area contributed by atoms with Crippen molar-refractivity contribution in [2.45, 2.75) is 39.3 Å². The summed E-state index contributed by atoms with van der Waals surface area (Å²) in [6.07, 6.45) is 9.69. The molecular formula is C18H21N5O. The summed E-state index contributed by atoms with van der Waals surface area (Å²) in [6.45, 7) is 5.58. The first kappa shape index (κ1) is 14.9. The number of pyridine rings is 1. The third kappa shape index (κ3) is 2.68. The summed E-state index contributed by atoms with van der Waals surface area (Å²) in [5.74, 6) is 0.0164. The number of fused-ring (bicyclic) bond motifs is 1. The summed E-state index contributed by atoms with van der Waals surface area (Å²) in [7, 11) is 0. The number of amides is 1. The molecule has 6 heteroatoms. The van der Waals surface area contributed by atoms with Crippen molar-refractivity contribution in [3.05, 3.63) is 53.7 Å². The van der Waals surface area contributed by atoms with E-state index >= 15 is 0 Å². The lowest BCUT2D eigenvalue weighted by Crippen LogP contribution is -2.38. The molecule has 3 aromatic heterocycles. The van der Waals surface area contributed by atoms with Gasteiger partial charge in [0, 0.05) is 25.1 Å². The van der Waals surface area contributed by atoms with Gasteiger partial charge in [-0.3, -0.25) is 9.48 Å². The Morgan fingerprint density at radius 3 is 2.96 bits per heavy atom. The number of rotatable bonds is 3. The quantitative estimate of drug-likeness (QED) is 0.744. The molecule has 6 nitrogen and oxygen atoms in total. The van der Waals surface area contributed by atoms with Gasteiger partial charge in [-0.1, -0.05) is 0 Å². The smallest absolute Gasteiger partial charge is 0.274 e. The summed E-state index contributed by atoms with van der Waals surface area (Å²) < 4.78 is 3.83. The van der Waals surface area contributed by atoms with Crippen LogP contribution in [0.15, 0.2) is 36.9 Å². The highest BCUT2D eigenvalue weighted by Gasteiger charge is 2.31. The van der Waals surface area contributed by atoms with Crippen LogP contribution in [0.25, 0.3) is 5.65 Å². The van der Waals surface area contributed by atoms with E-state index in [1.165, 1.54) is 0 Å². The van der Waals surface area contributed by atoms with Gasteiger partial charge >= 0.3 is 0 Å². The molecule has 24 heavy (non-hydrogen) atoms. The zero-order valence-electron chi connectivity index (χ0n) is 14.0. The number of hydrogen-bond donors (Lipinski definition) is 0. The molecule has 0 spiro atoms. The van der Waals surface area contributed by atoms with Gasteiger partial charge in [-0.25, -0.2) is 4.98 Å². The number of aryl methyl sites for hydroxylation is 2. The molecule has 1 aliphatic rings. The maximum absolute atomic E-state index is 12.9. The molecule has 1 aliphatic heterocycles. The van der Waals surface area contributed by atoms with E-state index in [0.29, 0.717) is 5.69 Å². The van der Waals surface area contributed by atoms with Crippen LogP contribution in [0.2, 0.25) is 0 Å². The number of carbonyl (C=O) groups excluding carboxylic acids is 1. The Bertz CT molecular complexity index is 894. The van der Waals surface area contributed by atoms with Crippen LogP contribution in [-0.2, 0) is 6.54 Å². The van der Waals surface area contributed by atoms with Crippen LogP contribution in [0.1, 0.15) is 34.5 Å². The lowest BCUT2D eigenvalue weighted by Gasteiger charge is -2.23. The van der Waals surface area contributed by atoms with Gasteiger partial charge < -0.3 is 9.30 Å². The lowest BCUT2D eigenvalue weighted by atomic mass is 10.2. The number of carbonyl (C=O) groups is 1. The molecule has 1 saturated heterocycles. The molecule has 1 unspecified atom stereocenters. The van der Waals surface area contributed by atoms with E-state index in [9.17, 15) is 4.79 Å². The number of imidazole rings is 1.